The van der Waals surface area contributed by atoms with Crippen LogP contribution in [0.3, 0.4) is 0 Å². The molecule has 4 rings (SSSR count). The van der Waals surface area contributed by atoms with Crippen molar-refractivity contribution in [3.8, 4) is 11.3 Å². The minimum absolute atomic E-state index is 0.602. The van der Waals surface area contributed by atoms with Gasteiger partial charge < -0.3 is 14.4 Å². The van der Waals surface area contributed by atoms with Gasteiger partial charge in [-0.2, -0.15) is 0 Å². The maximum absolute atomic E-state index is 5.45. The Labute approximate surface area is 147 Å². The van der Waals surface area contributed by atoms with E-state index in [2.05, 4.69) is 32.2 Å². The van der Waals surface area contributed by atoms with Crippen molar-refractivity contribution >= 4 is 0 Å². The molecule has 0 aliphatic carbocycles. The molecule has 1 aliphatic heterocycles. The fourth-order valence-corrected chi connectivity index (χ4v) is 3.42. The second-order valence-electron chi connectivity index (χ2n) is 6.58. The minimum atomic E-state index is 0.602. The molecule has 0 unspecified atom stereocenters. The van der Waals surface area contributed by atoms with Crippen LogP contribution < -0.4 is 5.32 Å². The van der Waals surface area contributed by atoms with Crippen LogP contribution in [0.2, 0.25) is 0 Å². The number of nitrogens with zero attached hydrogens (tertiary/aromatic N) is 4. The molecular formula is C19H23N5O. The Morgan fingerprint density at radius 1 is 1.24 bits per heavy atom. The average molecular weight is 337 g/mol. The molecule has 1 N–H and O–H groups in total. The van der Waals surface area contributed by atoms with Gasteiger partial charge in [0, 0.05) is 37.6 Å². The molecule has 2 aromatic heterocycles. The van der Waals surface area contributed by atoms with E-state index in [1.807, 2.05) is 36.4 Å². The molecule has 1 aromatic carbocycles. The number of aromatic nitrogens is 4. The number of aryl methyl sites for hydroxylation is 2. The fraction of sp³-hybridized carbons (Fsp3) is 0.421. The van der Waals surface area contributed by atoms with Crippen molar-refractivity contribution in [3.05, 3.63) is 53.8 Å². The molecule has 0 amide bonds. The van der Waals surface area contributed by atoms with Gasteiger partial charge in [0.15, 0.2) is 5.76 Å². The molecule has 6 heteroatoms. The van der Waals surface area contributed by atoms with Gasteiger partial charge >= 0.3 is 0 Å². The number of hydrogen-bond acceptors (Lipinski definition) is 5. The van der Waals surface area contributed by atoms with E-state index in [-0.39, 0.29) is 0 Å². The van der Waals surface area contributed by atoms with Crippen LogP contribution in [0.25, 0.3) is 11.3 Å². The molecule has 130 valence electrons. The first-order chi connectivity index (χ1) is 12.3. The van der Waals surface area contributed by atoms with Crippen molar-refractivity contribution in [2.24, 2.45) is 5.92 Å². The summed E-state index contributed by atoms with van der Waals surface area (Å²) in [5.74, 6) is 3.71. The molecule has 0 radical (unpaired) electrons. The van der Waals surface area contributed by atoms with E-state index in [4.69, 9.17) is 4.52 Å². The fourth-order valence-electron chi connectivity index (χ4n) is 3.42. The molecule has 0 saturated carbocycles. The topological polar surface area (TPSA) is 68.8 Å². The summed E-state index contributed by atoms with van der Waals surface area (Å²) in [4.78, 5) is 0. The SMILES string of the molecule is CCc1nnc2n1C[C@H](CNCc1cc(-c3ccccc3)no1)CC2. The zero-order valence-electron chi connectivity index (χ0n) is 14.5. The van der Waals surface area contributed by atoms with Crippen LogP contribution in [-0.2, 0) is 25.9 Å². The summed E-state index contributed by atoms with van der Waals surface area (Å²) < 4.78 is 7.74. The third-order valence-electron chi connectivity index (χ3n) is 4.80. The van der Waals surface area contributed by atoms with Gasteiger partial charge in [0.1, 0.15) is 17.3 Å². The lowest BCUT2D eigenvalue weighted by atomic mass is 9.99. The highest BCUT2D eigenvalue weighted by Gasteiger charge is 2.22. The largest absolute Gasteiger partial charge is 0.359 e. The lowest BCUT2D eigenvalue weighted by Crippen LogP contribution is -2.30. The Balaban J connectivity index is 1.31. The molecule has 1 aliphatic rings. The number of nitrogens with one attached hydrogen (secondary N) is 1. The molecule has 0 saturated heterocycles. The van der Waals surface area contributed by atoms with Gasteiger partial charge in [-0.15, -0.1) is 10.2 Å². The van der Waals surface area contributed by atoms with E-state index < -0.39 is 0 Å². The summed E-state index contributed by atoms with van der Waals surface area (Å²) in [5, 5.41) is 16.2. The van der Waals surface area contributed by atoms with Gasteiger partial charge in [-0.1, -0.05) is 42.4 Å². The smallest absolute Gasteiger partial charge is 0.151 e. The van der Waals surface area contributed by atoms with Crippen molar-refractivity contribution in [2.45, 2.75) is 39.3 Å². The maximum Gasteiger partial charge on any atom is 0.151 e. The normalized spacial score (nSPS) is 16.8. The molecule has 6 nitrogen and oxygen atoms in total. The quantitative estimate of drug-likeness (QED) is 0.749. The lowest BCUT2D eigenvalue weighted by Gasteiger charge is -2.24. The summed E-state index contributed by atoms with van der Waals surface area (Å²) in [5.41, 5.74) is 1.97. The van der Waals surface area contributed by atoms with E-state index in [0.717, 1.165) is 61.0 Å². The standard InChI is InChI=1S/C19H23N5O/c1-2-18-21-22-19-9-8-14(13-24(18)19)11-20-12-16-10-17(23-25-16)15-6-4-3-5-7-15/h3-7,10,14,20H,2,8-9,11-13H2,1H3/t14-/m0/s1. The molecule has 25 heavy (non-hydrogen) atoms. The summed E-state index contributed by atoms with van der Waals surface area (Å²) in [6.07, 6.45) is 3.10. The Bertz CT molecular complexity index is 810. The van der Waals surface area contributed by atoms with Crippen molar-refractivity contribution in [1.29, 1.82) is 0 Å². The monoisotopic (exact) mass is 337 g/mol. The van der Waals surface area contributed by atoms with E-state index in [1.165, 1.54) is 0 Å². The van der Waals surface area contributed by atoms with Crippen LogP contribution in [0.1, 0.15) is 30.8 Å². The number of rotatable bonds is 6. The van der Waals surface area contributed by atoms with Crippen LogP contribution in [0, 0.1) is 5.92 Å². The predicted molar refractivity (Wildman–Crippen MR) is 94.9 cm³/mol. The Hall–Kier alpha value is -2.47. The molecular weight excluding hydrogens is 314 g/mol. The molecule has 3 aromatic rings. The van der Waals surface area contributed by atoms with Gasteiger partial charge in [-0.25, -0.2) is 0 Å². The first-order valence-electron chi connectivity index (χ1n) is 8.96. The Morgan fingerprint density at radius 3 is 2.96 bits per heavy atom. The summed E-state index contributed by atoms with van der Waals surface area (Å²) in [7, 11) is 0. The second-order valence-corrected chi connectivity index (χ2v) is 6.58. The number of benzene rings is 1. The van der Waals surface area contributed by atoms with Crippen molar-refractivity contribution < 1.29 is 4.52 Å². The summed E-state index contributed by atoms with van der Waals surface area (Å²) >= 11 is 0. The third-order valence-corrected chi connectivity index (χ3v) is 4.80. The van der Waals surface area contributed by atoms with Gasteiger partial charge in [-0.3, -0.25) is 0 Å². The summed E-state index contributed by atoms with van der Waals surface area (Å²) in [6, 6.07) is 12.1. The highest BCUT2D eigenvalue weighted by molar-refractivity contribution is 5.58. The Morgan fingerprint density at radius 2 is 2.12 bits per heavy atom. The maximum atomic E-state index is 5.45. The minimum Gasteiger partial charge on any atom is -0.359 e. The van der Waals surface area contributed by atoms with Gasteiger partial charge in [0.2, 0.25) is 0 Å². The van der Waals surface area contributed by atoms with E-state index >= 15 is 0 Å². The average Bonchev–Trinajstić information content (AvgIpc) is 3.29. The molecule has 3 heterocycles. The number of hydrogen-bond donors (Lipinski definition) is 1. The predicted octanol–water partition coefficient (Wildman–Crippen LogP) is 2.85. The van der Waals surface area contributed by atoms with Gasteiger partial charge in [0.05, 0.1) is 6.54 Å². The van der Waals surface area contributed by atoms with Crippen molar-refractivity contribution in [3.63, 3.8) is 0 Å². The van der Waals surface area contributed by atoms with Crippen LogP contribution >= 0.6 is 0 Å². The highest BCUT2D eigenvalue weighted by Crippen LogP contribution is 2.21. The van der Waals surface area contributed by atoms with Crippen molar-refractivity contribution in [1.82, 2.24) is 25.2 Å². The number of fused-ring (bicyclic) bond motifs is 1. The molecule has 0 bridgehead atoms. The molecule has 1 atom stereocenters. The molecule has 0 fully saturated rings. The van der Waals surface area contributed by atoms with Gasteiger partial charge in [0.25, 0.3) is 0 Å². The Kier molecular flexibility index (Phi) is 4.61. The molecule has 0 spiro atoms. The van der Waals surface area contributed by atoms with Crippen LogP contribution in [0.5, 0.6) is 0 Å². The first kappa shape index (κ1) is 16.0. The lowest BCUT2D eigenvalue weighted by molar-refractivity contribution is 0.327. The second kappa shape index (κ2) is 7.19. The van der Waals surface area contributed by atoms with E-state index in [9.17, 15) is 0 Å². The highest BCUT2D eigenvalue weighted by atomic mass is 16.5. The summed E-state index contributed by atoms with van der Waals surface area (Å²) in [6.45, 7) is 4.80. The third kappa shape index (κ3) is 3.49. The van der Waals surface area contributed by atoms with Crippen molar-refractivity contribution in [2.75, 3.05) is 6.54 Å². The van der Waals surface area contributed by atoms with Crippen LogP contribution in [0.15, 0.2) is 40.9 Å². The zero-order chi connectivity index (χ0) is 17.1. The zero-order valence-corrected chi connectivity index (χ0v) is 14.5. The van der Waals surface area contributed by atoms with Crippen LogP contribution in [-0.4, -0.2) is 26.5 Å². The van der Waals surface area contributed by atoms with E-state index in [1.54, 1.807) is 0 Å². The first-order valence-corrected chi connectivity index (χ1v) is 8.96. The van der Waals surface area contributed by atoms with Crippen LogP contribution in [0.4, 0.5) is 0 Å². The van der Waals surface area contributed by atoms with E-state index in [0.29, 0.717) is 12.5 Å². The van der Waals surface area contributed by atoms with Gasteiger partial charge in [-0.05, 0) is 12.3 Å².